The third-order valence-electron chi connectivity index (χ3n) is 5.17. The van der Waals surface area contributed by atoms with Gasteiger partial charge in [0.2, 0.25) is 11.8 Å². The first kappa shape index (κ1) is 16.1. The Morgan fingerprint density at radius 2 is 1.85 bits per heavy atom. The fourth-order valence-corrected chi connectivity index (χ4v) is 4.58. The first-order chi connectivity index (χ1) is 12.8. The van der Waals surface area contributed by atoms with Gasteiger partial charge in [-0.25, -0.2) is 4.98 Å². The van der Waals surface area contributed by atoms with Gasteiger partial charge in [-0.2, -0.15) is 0 Å². The van der Waals surface area contributed by atoms with E-state index < -0.39 is 0 Å². The molecule has 0 amide bonds. The first-order valence-corrected chi connectivity index (χ1v) is 10.2. The number of rotatable bonds is 5. The summed E-state index contributed by atoms with van der Waals surface area (Å²) in [5.41, 5.74) is 0.974. The molecule has 0 unspecified atom stereocenters. The highest BCUT2D eigenvalue weighted by Crippen LogP contribution is 2.41. The van der Waals surface area contributed by atoms with Crippen molar-refractivity contribution in [3.8, 4) is 5.75 Å². The predicted octanol–water partition coefficient (Wildman–Crippen LogP) is 4.34. The van der Waals surface area contributed by atoms with Crippen LogP contribution in [-0.2, 0) is 0 Å². The Bertz CT molecular complexity index is 909. The van der Waals surface area contributed by atoms with E-state index in [-0.39, 0.29) is 0 Å². The molecule has 0 spiro atoms. The molecule has 1 aromatic carbocycles. The fourth-order valence-electron chi connectivity index (χ4n) is 3.54. The van der Waals surface area contributed by atoms with Crippen molar-refractivity contribution in [2.45, 2.75) is 44.4 Å². The molecule has 26 heavy (non-hydrogen) atoms. The molecule has 0 N–H and O–H groups in total. The zero-order chi connectivity index (χ0) is 17.5. The maximum Gasteiger partial charge on any atom is 0.219 e. The van der Waals surface area contributed by atoms with Crippen molar-refractivity contribution in [3.63, 3.8) is 0 Å². The minimum Gasteiger partial charge on any atom is -0.492 e. The predicted molar refractivity (Wildman–Crippen MR) is 101 cm³/mol. The molecule has 0 atom stereocenters. The van der Waals surface area contributed by atoms with Gasteiger partial charge in [-0.3, -0.25) is 0 Å². The van der Waals surface area contributed by atoms with E-state index in [0.29, 0.717) is 18.4 Å². The molecule has 1 aliphatic heterocycles. The standard InChI is InChI=1S/C19H22N4O2S/c1-2-24-14-4-3-5-15-16(14)20-19(26-15)23-10-8-13(9-11-23)18-22-21-17(25-18)12-6-7-12/h3-5,12-13H,2,6-11H2,1H3. The molecule has 6 nitrogen and oxygen atoms in total. The van der Waals surface area contributed by atoms with Crippen LogP contribution in [-0.4, -0.2) is 34.9 Å². The van der Waals surface area contributed by atoms with Crippen molar-refractivity contribution in [2.24, 2.45) is 0 Å². The molecule has 1 aliphatic carbocycles. The number of ether oxygens (including phenoxy) is 1. The van der Waals surface area contributed by atoms with Crippen molar-refractivity contribution < 1.29 is 9.15 Å². The largest absolute Gasteiger partial charge is 0.492 e. The summed E-state index contributed by atoms with van der Waals surface area (Å²) in [4.78, 5) is 7.23. The van der Waals surface area contributed by atoms with Crippen molar-refractivity contribution in [1.29, 1.82) is 0 Å². The first-order valence-electron chi connectivity index (χ1n) is 9.42. The van der Waals surface area contributed by atoms with Crippen LogP contribution in [0.25, 0.3) is 10.2 Å². The number of benzene rings is 1. The Morgan fingerprint density at radius 3 is 2.54 bits per heavy atom. The molecule has 7 heteroatoms. The summed E-state index contributed by atoms with van der Waals surface area (Å²) in [7, 11) is 0. The Balaban J connectivity index is 1.30. The second-order valence-corrected chi connectivity index (χ2v) is 8.06. The van der Waals surface area contributed by atoms with Crippen LogP contribution in [0.5, 0.6) is 5.75 Å². The molecule has 3 heterocycles. The molecular formula is C19H22N4O2S. The molecule has 1 saturated carbocycles. The van der Waals surface area contributed by atoms with Gasteiger partial charge in [0.1, 0.15) is 11.3 Å². The molecular weight excluding hydrogens is 348 g/mol. The number of thiazole rings is 1. The van der Waals surface area contributed by atoms with Gasteiger partial charge in [-0.15, -0.1) is 10.2 Å². The van der Waals surface area contributed by atoms with E-state index in [2.05, 4.69) is 21.2 Å². The fraction of sp³-hybridized carbons (Fsp3) is 0.526. The topological polar surface area (TPSA) is 64.3 Å². The minimum absolute atomic E-state index is 0.375. The third-order valence-corrected chi connectivity index (χ3v) is 6.25. The van der Waals surface area contributed by atoms with Crippen LogP contribution < -0.4 is 9.64 Å². The Kier molecular flexibility index (Phi) is 4.04. The van der Waals surface area contributed by atoms with Crippen molar-refractivity contribution in [2.75, 3.05) is 24.6 Å². The molecule has 2 fully saturated rings. The van der Waals surface area contributed by atoms with Gasteiger partial charge in [0.05, 0.1) is 11.3 Å². The molecule has 2 aliphatic rings. The van der Waals surface area contributed by atoms with E-state index in [1.807, 2.05) is 19.1 Å². The van der Waals surface area contributed by atoms with Crippen LogP contribution in [0.2, 0.25) is 0 Å². The Morgan fingerprint density at radius 1 is 1.12 bits per heavy atom. The highest BCUT2D eigenvalue weighted by Gasteiger charge is 2.32. The maximum atomic E-state index is 5.91. The lowest BCUT2D eigenvalue weighted by Gasteiger charge is -2.30. The quantitative estimate of drug-likeness (QED) is 0.666. The summed E-state index contributed by atoms with van der Waals surface area (Å²) in [5.74, 6) is 3.45. The van der Waals surface area contributed by atoms with Gasteiger partial charge in [-0.05, 0) is 44.7 Å². The summed E-state index contributed by atoms with van der Waals surface area (Å²) >= 11 is 1.74. The van der Waals surface area contributed by atoms with E-state index in [0.717, 1.165) is 54.1 Å². The average Bonchev–Trinajstić information content (AvgIpc) is 3.23. The lowest BCUT2D eigenvalue weighted by atomic mass is 9.97. The number of hydrogen-bond donors (Lipinski definition) is 0. The van der Waals surface area contributed by atoms with Crippen molar-refractivity contribution in [1.82, 2.24) is 15.2 Å². The summed E-state index contributed by atoms with van der Waals surface area (Å²) < 4.78 is 12.8. The van der Waals surface area contributed by atoms with Gasteiger partial charge in [-0.1, -0.05) is 17.4 Å². The smallest absolute Gasteiger partial charge is 0.219 e. The molecule has 5 rings (SSSR count). The summed E-state index contributed by atoms with van der Waals surface area (Å²) in [6.45, 7) is 4.60. The molecule has 136 valence electrons. The highest BCUT2D eigenvalue weighted by atomic mass is 32.1. The zero-order valence-electron chi connectivity index (χ0n) is 14.9. The van der Waals surface area contributed by atoms with Crippen LogP contribution in [0.3, 0.4) is 0 Å². The second kappa shape index (κ2) is 6.54. The monoisotopic (exact) mass is 370 g/mol. The number of piperidine rings is 1. The van der Waals surface area contributed by atoms with Gasteiger partial charge < -0.3 is 14.1 Å². The number of para-hydroxylation sites is 1. The van der Waals surface area contributed by atoms with Gasteiger partial charge in [0.25, 0.3) is 0 Å². The summed E-state index contributed by atoms with van der Waals surface area (Å²) in [6.07, 6.45) is 4.45. The minimum atomic E-state index is 0.375. The number of anilines is 1. The average molecular weight is 370 g/mol. The van der Waals surface area contributed by atoms with E-state index in [9.17, 15) is 0 Å². The molecule has 0 bridgehead atoms. The van der Waals surface area contributed by atoms with E-state index in [1.54, 1.807) is 11.3 Å². The lowest BCUT2D eigenvalue weighted by molar-refractivity contribution is 0.343. The Labute approximate surface area is 156 Å². The number of nitrogens with zero attached hydrogens (tertiary/aromatic N) is 4. The van der Waals surface area contributed by atoms with Crippen LogP contribution in [0.15, 0.2) is 22.6 Å². The van der Waals surface area contributed by atoms with E-state index in [4.69, 9.17) is 14.1 Å². The van der Waals surface area contributed by atoms with Gasteiger partial charge in [0.15, 0.2) is 5.13 Å². The van der Waals surface area contributed by atoms with Crippen LogP contribution in [0, 0.1) is 0 Å². The van der Waals surface area contributed by atoms with E-state index >= 15 is 0 Å². The summed E-state index contributed by atoms with van der Waals surface area (Å²) in [6, 6.07) is 6.15. The highest BCUT2D eigenvalue weighted by molar-refractivity contribution is 7.22. The molecule has 3 aromatic rings. The van der Waals surface area contributed by atoms with Crippen molar-refractivity contribution in [3.05, 3.63) is 30.0 Å². The van der Waals surface area contributed by atoms with Crippen LogP contribution in [0.1, 0.15) is 56.2 Å². The molecule has 2 aromatic heterocycles. The zero-order valence-corrected chi connectivity index (χ0v) is 15.7. The maximum absolute atomic E-state index is 5.91. The molecule has 0 radical (unpaired) electrons. The second-order valence-electron chi connectivity index (χ2n) is 7.05. The van der Waals surface area contributed by atoms with E-state index in [1.165, 1.54) is 17.5 Å². The third kappa shape index (κ3) is 2.94. The number of fused-ring (bicyclic) bond motifs is 1. The van der Waals surface area contributed by atoms with Gasteiger partial charge in [0, 0.05) is 24.9 Å². The van der Waals surface area contributed by atoms with Crippen LogP contribution >= 0.6 is 11.3 Å². The lowest BCUT2D eigenvalue weighted by Crippen LogP contribution is -2.32. The summed E-state index contributed by atoms with van der Waals surface area (Å²) in [5, 5.41) is 9.61. The normalized spacial score (nSPS) is 18.6. The molecule has 1 saturated heterocycles. The number of hydrogen-bond acceptors (Lipinski definition) is 7. The van der Waals surface area contributed by atoms with Gasteiger partial charge >= 0.3 is 0 Å². The van der Waals surface area contributed by atoms with Crippen LogP contribution in [0.4, 0.5) is 5.13 Å². The number of aromatic nitrogens is 3. The van der Waals surface area contributed by atoms with Crippen molar-refractivity contribution >= 4 is 26.7 Å². The SMILES string of the molecule is CCOc1cccc2sc(N3CCC(c4nnc(C5CC5)o4)CC3)nc12. The Hall–Kier alpha value is -2.15.